The lowest BCUT2D eigenvalue weighted by atomic mass is 10.0. The molecule has 1 amide bonds. The van der Waals surface area contributed by atoms with Gasteiger partial charge in [0.05, 0.1) is 12.3 Å². The zero-order valence-electron chi connectivity index (χ0n) is 14.5. The van der Waals surface area contributed by atoms with Crippen molar-refractivity contribution >= 4 is 23.3 Å². The van der Waals surface area contributed by atoms with Crippen molar-refractivity contribution < 1.29 is 23.9 Å². The van der Waals surface area contributed by atoms with E-state index in [1.807, 2.05) is 20.8 Å². The second-order valence-electron chi connectivity index (χ2n) is 6.17. The standard InChI is InChI=1S/C18H23NO5/c1-5-8-23-16(21)10-19-14-9-13(12(4)20)6-7-15(14)24-17(11(2)3)18(19)22/h6-7,9,11,17H,5,8,10H2,1-4H3. The lowest BCUT2D eigenvalue weighted by molar-refractivity contribution is -0.143. The summed E-state index contributed by atoms with van der Waals surface area (Å²) in [6.07, 6.45) is 0.0438. The van der Waals surface area contributed by atoms with Crippen LogP contribution in [-0.2, 0) is 14.3 Å². The molecule has 1 aromatic rings. The molecule has 2 rings (SSSR count). The van der Waals surface area contributed by atoms with E-state index >= 15 is 0 Å². The monoisotopic (exact) mass is 333 g/mol. The number of anilines is 1. The number of carbonyl (C=O) groups is 3. The molecule has 1 heterocycles. The third-order valence-corrected chi connectivity index (χ3v) is 3.78. The fraction of sp³-hybridized carbons (Fsp3) is 0.500. The van der Waals surface area contributed by atoms with E-state index < -0.39 is 12.1 Å². The van der Waals surface area contributed by atoms with Gasteiger partial charge in [-0.05, 0) is 37.5 Å². The molecule has 6 heteroatoms. The summed E-state index contributed by atoms with van der Waals surface area (Å²) >= 11 is 0. The Bertz CT molecular complexity index is 653. The Morgan fingerprint density at radius 1 is 1.33 bits per heavy atom. The summed E-state index contributed by atoms with van der Waals surface area (Å²) in [5.41, 5.74) is 0.887. The van der Waals surface area contributed by atoms with Gasteiger partial charge in [-0.15, -0.1) is 0 Å². The van der Waals surface area contributed by atoms with Gasteiger partial charge < -0.3 is 9.47 Å². The number of hydrogen-bond acceptors (Lipinski definition) is 5. The summed E-state index contributed by atoms with van der Waals surface area (Å²) in [6, 6.07) is 4.90. The van der Waals surface area contributed by atoms with E-state index in [1.165, 1.54) is 11.8 Å². The highest BCUT2D eigenvalue weighted by atomic mass is 16.5. The van der Waals surface area contributed by atoms with Crippen molar-refractivity contribution in [3.63, 3.8) is 0 Å². The van der Waals surface area contributed by atoms with Gasteiger partial charge in [0.1, 0.15) is 12.3 Å². The molecule has 0 aliphatic carbocycles. The largest absolute Gasteiger partial charge is 0.478 e. The average Bonchev–Trinajstić information content (AvgIpc) is 2.54. The molecule has 1 aliphatic rings. The molecule has 1 atom stereocenters. The first-order valence-electron chi connectivity index (χ1n) is 8.13. The minimum absolute atomic E-state index is 0.0488. The number of ketones is 1. The van der Waals surface area contributed by atoms with Gasteiger partial charge in [-0.25, -0.2) is 0 Å². The van der Waals surface area contributed by atoms with Crippen LogP contribution in [0.1, 0.15) is 44.5 Å². The smallest absolute Gasteiger partial charge is 0.326 e. The number of amides is 1. The van der Waals surface area contributed by atoms with E-state index in [0.29, 0.717) is 30.0 Å². The summed E-state index contributed by atoms with van der Waals surface area (Å²) in [6.45, 7) is 7.22. The number of carbonyl (C=O) groups excluding carboxylic acids is 3. The number of hydrogen-bond donors (Lipinski definition) is 0. The number of ether oxygens (including phenoxy) is 2. The van der Waals surface area contributed by atoms with Gasteiger partial charge in [-0.3, -0.25) is 19.3 Å². The van der Waals surface area contributed by atoms with Crippen LogP contribution in [0.5, 0.6) is 5.75 Å². The van der Waals surface area contributed by atoms with Crippen LogP contribution < -0.4 is 9.64 Å². The maximum Gasteiger partial charge on any atom is 0.326 e. The quantitative estimate of drug-likeness (QED) is 0.591. The van der Waals surface area contributed by atoms with Gasteiger partial charge in [-0.1, -0.05) is 20.8 Å². The summed E-state index contributed by atoms with van der Waals surface area (Å²) in [7, 11) is 0. The minimum atomic E-state index is -0.667. The zero-order chi connectivity index (χ0) is 17.9. The van der Waals surface area contributed by atoms with Gasteiger partial charge in [0.2, 0.25) is 0 Å². The number of fused-ring (bicyclic) bond motifs is 1. The van der Waals surface area contributed by atoms with E-state index in [-0.39, 0.29) is 24.2 Å². The number of benzene rings is 1. The molecule has 0 fully saturated rings. The fourth-order valence-corrected chi connectivity index (χ4v) is 2.48. The van der Waals surface area contributed by atoms with E-state index in [1.54, 1.807) is 18.2 Å². The van der Waals surface area contributed by atoms with E-state index in [4.69, 9.17) is 9.47 Å². The Hall–Kier alpha value is -2.37. The molecule has 6 nitrogen and oxygen atoms in total. The minimum Gasteiger partial charge on any atom is -0.478 e. The van der Waals surface area contributed by atoms with Crippen molar-refractivity contribution in [2.45, 2.75) is 40.2 Å². The first kappa shape index (κ1) is 18.0. The highest BCUT2D eigenvalue weighted by Crippen LogP contribution is 2.36. The van der Waals surface area contributed by atoms with Gasteiger partial charge in [0.25, 0.3) is 5.91 Å². The van der Waals surface area contributed by atoms with E-state index in [2.05, 4.69) is 0 Å². The predicted molar refractivity (Wildman–Crippen MR) is 89.3 cm³/mol. The van der Waals surface area contributed by atoms with Crippen molar-refractivity contribution in [2.24, 2.45) is 5.92 Å². The zero-order valence-corrected chi connectivity index (χ0v) is 14.5. The number of esters is 1. The van der Waals surface area contributed by atoms with Crippen molar-refractivity contribution in [2.75, 3.05) is 18.1 Å². The maximum absolute atomic E-state index is 12.7. The topological polar surface area (TPSA) is 72.9 Å². The van der Waals surface area contributed by atoms with Crippen molar-refractivity contribution in [1.82, 2.24) is 0 Å². The number of nitrogens with zero attached hydrogens (tertiary/aromatic N) is 1. The molecule has 0 saturated carbocycles. The average molecular weight is 333 g/mol. The molecule has 0 N–H and O–H groups in total. The number of rotatable bonds is 6. The third kappa shape index (κ3) is 3.75. The second-order valence-corrected chi connectivity index (χ2v) is 6.17. The predicted octanol–water partition coefficient (Wildman–Crippen LogP) is 2.59. The molecular formula is C18H23NO5. The van der Waals surface area contributed by atoms with Crippen molar-refractivity contribution in [3.8, 4) is 5.75 Å². The molecule has 0 bridgehead atoms. The molecule has 0 spiro atoms. The van der Waals surface area contributed by atoms with Crippen LogP contribution in [0.4, 0.5) is 5.69 Å². The summed E-state index contributed by atoms with van der Waals surface area (Å²) in [4.78, 5) is 37.7. The highest BCUT2D eigenvalue weighted by Gasteiger charge is 2.37. The van der Waals surface area contributed by atoms with Crippen LogP contribution in [0.25, 0.3) is 0 Å². The Morgan fingerprint density at radius 2 is 2.04 bits per heavy atom. The molecule has 1 aromatic carbocycles. The SMILES string of the molecule is CCCOC(=O)CN1C(=O)C(C(C)C)Oc2ccc(C(C)=O)cc21. The molecule has 130 valence electrons. The third-order valence-electron chi connectivity index (χ3n) is 3.78. The molecule has 1 unspecified atom stereocenters. The fourth-order valence-electron chi connectivity index (χ4n) is 2.48. The van der Waals surface area contributed by atoms with Crippen molar-refractivity contribution in [3.05, 3.63) is 23.8 Å². The summed E-state index contributed by atoms with van der Waals surface area (Å²) in [5, 5.41) is 0. The Morgan fingerprint density at radius 3 is 2.62 bits per heavy atom. The lowest BCUT2D eigenvalue weighted by Gasteiger charge is -2.35. The normalized spacial score (nSPS) is 16.6. The molecule has 0 radical (unpaired) electrons. The van der Waals surface area contributed by atoms with Gasteiger partial charge in [0.15, 0.2) is 11.9 Å². The summed E-state index contributed by atoms with van der Waals surface area (Å²) in [5.74, 6) is -0.459. The molecule has 1 aliphatic heterocycles. The van der Waals surface area contributed by atoms with Crippen LogP contribution in [0.2, 0.25) is 0 Å². The highest BCUT2D eigenvalue weighted by molar-refractivity contribution is 6.05. The first-order chi connectivity index (χ1) is 11.3. The van der Waals surface area contributed by atoms with Crippen molar-refractivity contribution in [1.29, 1.82) is 0 Å². The second kappa shape index (κ2) is 7.47. The van der Waals surface area contributed by atoms with E-state index in [9.17, 15) is 14.4 Å². The van der Waals surface area contributed by atoms with Crippen LogP contribution >= 0.6 is 0 Å². The van der Waals surface area contributed by atoms with E-state index in [0.717, 1.165) is 0 Å². The summed E-state index contributed by atoms with van der Waals surface area (Å²) < 4.78 is 10.9. The van der Waals surface area contributed by atoms with Gasteiger partial charge in [0, 0.05) is 5.56 Å². The Kier molecular flexibility index (Phi) is 5.59. The maximum atomic E-state index is 12.7. The number of Topliss-reactive ketones (excluding diaryl/α,β-unsaturated/α-hetero) is 1. The molecule has 24 heavy (non-hydrogen) atoms. The molecular weight excluding hydrogens is 310 g/mol. The first-order valence-corrected chi connectivity index (χ1v) is 8.13. The van der Waals surface area contributed by atoms with Crippen LogP contribution in [0, 0.1) is 5.92 Å². The van der Waals surface area contributed by atoms with Crippen LogP contribution in [-0.4, -0.2) is 36.9 Å². The van der Waals surface area contributed by atoms with Gasteiger partial charge in [-0.2, -0.15) is 0 Å². The molecule has 0 saturated heterocycles. The molecule has 0 aromatic heterocycles. The Balaban J connectivity index is 2.38. The lowest BCUT2D eigenvalue weighted by Crippen LogP contribution is -2.50. The van der Waals surface area contributed by atoms with Gasteiger partial charge >= 0.3 is 5.97 Å². The Labute approximate surface area is 141 Å². The van der Waals surface area contributed by atoms with Crippen LogP contribution in [0.3, 0.4) is 0 Å². The van der Waals surface area contributed by atoms with Crippen LogP contribution in [0.15, 0.2) is 18.2 Å².